The second-order valence-corrected chi connectivity index (χ2v) is 9.17. The minimum absolute atomic E-state index is 0.478. The second-order valence-electron chi connectivity index (χ2n) is 9.17. The number of hydrogen-bond donors (Lipinski definition) is 1. The molecule has 0 amide bonds. The van der Waals surface area contributed by atoms with Gasteiger partial charge in [-0.3, -0.25) is 0 Å². The molecule has 0 atom stereocenters. The molecule has 0 fully saturated rings. The van der Waals surface area contributed by atoms with E-state index in [9.17, 15) is 0 Å². The third-order valence-electron chi connectivity index (χ3n) is 6.88. The van der Waals surface area contributed by atoms with Gasteiger partial charge in [-0.15, -0.1) is 5.10 Å². The largest absolute Gasteiger partial charge is 0.457 e. The first-order valence-electron chi connectivity index (χ1n) is 12.8. The van der Waals surface area contributed by atoms with Crippen molar-refractivity contribution < 1.29 is 4.74 Å². The fourth-order valence-electron chi connectivity index (χ4n) is 5.05. The van der Waals surface area contributed by atoms with Gasteiger partial charge in [-0.05, 0) is 56.9 Å². The monoisotopic (exact) mass is 509 g/mol. The van der Waals surface area contributed by atoms with E-state index in [4.69, 9.17) is 10.5 Å². The first kappa shape index (κ1) is 24.3. The Bertz CT molecular complexity index is 1550. The summed E-state index contributed by atoms with van der Waals surface area (Å²) < 4.78 is 8.28. The number of para-hydroxylation sites is 1. The van der Waals surface area contributed by atoms with Crippen molar-refractivity contribution in [2.75, 3.05) is 0 Å². The molecule has 0 aliphatic rings. The summed E-state index contributed by atoms with van der Waals surface area (Å²) in [5.74, 6) is 1.94. The quantitative estimate of drug-likeness (QED) is 0.239. The van der Waals surface area contributed by atoms with Gasteiger partial charge in [-0.1, -0.05) is 115 Å². The molecule has 6 rings (SSSR count). The summed E-state index contributed by atoms with van der Waals surface area (Å²) in [5, 5.41) is 13.4. The van der Waals surface area contributed by atoms with Crippen LogP contribution in [-0.2, 0) is 12.1 Å². The van der Waals surface area contributed by atoms with E-state index in [1.54, 1.807) is 0 Å². The molecule has 0 saturated carbocycles. The Morgan fingerprint density at radius 3 is 1.67 bits per heavy atom. The third-order valence-corrected chi connectivity index (χ3v) is 6.88. The number of aromatic nitrogens is 4. The highest BCUT2D eigenvalue weighted by Gasteiger charge is 2.42. The minimum atomic E-state index is -0.849. The Morgan fingerprint density at radius 1 is 0.615 bits per heavy atom. The van der Waals surface area contributed by atoms with Crippen molar-refractivity contribution in [3.8, 4) is 22.9 Å². The lowest BCUT2D eigenvalue weighted by molar-refractivity contribution is 0.448. The van der Waals surface area contributed by atoms with Gasteiger partial charge in [0.05, 0.1) is 5.56 Å². The lowest BCUT2D eigenvalue weighted by Crippen LogP contribution is -2.39. The van der Waals surface area contributed by atoms with Crippen molar-refractivity contribution in [3.05, 3.63) is 162 Å². The number of tetrazole rings is 1. The fourth-order valence-corrected chi connectivity index (χ4v) is 5.05. The molecule has 1 heterocycles. The topological polar surface area (TPSA) is 78.8 Å². The van der Waals surface area contributed by atoms with Crippen molar-refractivity contribution in [1.82, 2.24) is 20.2 Å². The maximum absolute atomic E-state index is 6.37. The molecule has 5 aromatic carbocycles. The van der Waals surface area contributed by atoms with Crippen LogP contribution in [0.4, 0.5) is 0 Å². The van der Waals surface area contributed by atoms with Crippen LogP contribution in [0.25, 0.3) is 11.4 Å². The fraction of sp³-hybridized carbons (Fsp3) is 0.0606. The molecule has 6 heteroatoms. The Hall–Kier alpha value is -5.07. The van der Waals surface area contributed by atoms with Gasteiger partial charge in [0.25, 0.3) is 0 Å². The molecule has 0 spiro atoms. The molecule has 0 aliphatic heterocycles. The first-order chi connectivity index (χ1) is 19.3. The summed E-state index contributed by atoms with van der Waals surface area (Å²) in [6, 6.07) is 46.6. The van der Waals surface area contributed by atoms with Crippen molar-refractivity contribution in [3.63, 3.8) is 0 Å². The highest BCUT2D eigenvalue weighted by molar-refractivity contribution is 5.66. The smallest absolute Gasteiger partial charge is 0.187 e. The number of hydrogen-bond acceptors (Lipinski definition) is 5. The van der Waals surface area contributed by atoms with Crippen LogP contribution in [0.15, 0.2) is 140 Å². The predicted octanol–water partition coefficient (Wildman–Crippen LogP) is 6.43. The number of nitrogens with zero attached hydrogens (tertiary/aromatic N) is 4. The van der Waals surface area contributed by atoms with Crippen LogP contribution in [0.2, 0.25) is 0 Å². The number of rotatable bonds is 8. The lowest BCUT2D eigenvalue weighted by atomic mass is 9.77. The maximum Gasteiger partial charge on any atom is 0.187 e. The molecule has 1 aromatic heterocycles. The van der Waals surface area contributed by atoms with Gasteiger partial charge < -0.3 is 10.5 Å². The van der Waals surface area contributed by atoms with Gasteiger partial charge in [-0.25, -0.2) is 4.68 Å². The van der Waals surface area contributed by atoms with Crippen molar-refractivity contribution >= 4 is 0 Å². The molecule has 6 aromatic rings. The van der Waals surface area contributed by atoms with Gasteiger partial charge in [0.15, 0.2) is 5.82 Å². The molecule has 6 nitrogen and oxygen atoms in total. The van der Waals surface area contributed by atoms with Crippen LogP contribution in [0.1, 0.15) is 22.3 Å². The van der Waals surface area contributed by atoms with Crippen molar-refractivity contribution in [1.29, 1.82) is 0 Å². The SMILES string of the molecule is NCc1ccc(Oc2ccccc2-c2nnnn2C(c2ccccc2)(c2ccccc2)c2ccccc2)cc1. The van der Waals surface area contributed by atoms with Crippen LogP contribution in [0.5, 0.6) is 11.5 Å². The molecule has 0 bridgehead atoms. The lowest BCUT2D eigenvalue weighted by Gasteiger charge is -2.36. The Kier molecular flexibility index (Phi) is 6.68. The molecule has 190 valence electrons. The highest BCUT2D eigenvalue weighted by atomic mass is 16.5. The molecule has 0 aliphatic carbocycles. The average molecular weight is 510 g/mol. The highest BCUT2D eigenvalue weighted by Crippen LogP contribution is 2.43. The van der Waals surface area contributed by atoms with Gasteiger partial charge in [-0.2, -0.15) is 0 Å². The molecule has 39 heavy (non-hydrogen) atoms. The summed E-state index contributed by atoms with van der Waals surface area (Å²) in [6.07, 6.45) is 0. The van der Waals surface area contributed by atoms with Crippen LogP contribution >= 0.6 is 0 Å². The van der Waals surface area contributed by atoms with E-state index in [0.717, 1.165) is 27.8 Å². The molecule has 2 N–H and O–H groups in total. The second kappa shape index (κ2) is 10.7. The summed E-state index contributed by atoms with van der Waals surface area (Å²) in [4.78, 5) is 0. The summed E-state index contributed by atoms with van der Waals surface area (Å²) >= 11 is 0. The third kappa shape index (κ3) is 4.47. The van der Waals surface area contributed by atoms with Crippen molar-refractivity contribution in [2.24, 2.45) is 5.73 Å². The van der Waals surface area contributed by atoms with Crippen LogP contribution in [0, 0.1) is 0 Å². The van der Waals surface area contributed by atoms with Crippen LogP contribution in [0.3, 0.4) is 0 Å². The van der Waals surface area contributed by atoms with Crippen LogP contribution in [-0.4, -0.2) is 20.2 Å². The van der Waals surface area contributed by atoms with E-state index < -0.39 is 5.54 Å². The molecule has 0 unspecified atom stereocenters. The number of nitrogens with two attached hydrogens (primary N) is 1. The van der Waals surface area contributed by atoms with E-state index >= 15 is 0 Å². The summed E-state index contributed by atoms with van der Waals surface area (Å²) in [7, 11) is 0. The zero-order valence-corrected chi connectivity index (χ0v) is 21.3. The molecule has 0 radical (unpaired) electrons. The van der Waals surface area contributed by atoms with E-state index in [0.29, 0.717) is 23.9 Å². The van der Waals surface area contributed by atoms with E-state index in [2.05, 4.69) is 51.9 Å². The summed E-state index contributed by atoms with van der Waals surface area (Å²) in [6.45, 7) is 0.478. The standard InChI is InChI=1S/C33H27N5O/c34-24-25-20-22-29(23-21-25)39-31-19-11-10-18-30(31)32-35-36-37-38(32)33(26-12-4-1-5-13-26,27-14-6-2-7-15-27)28-16-8-3-9-17-28/h1-23H,24,34H2. The van der Waals surface area contributed by atoms with E-state index in [1.807, 2.05) is 108 Å². The molecular weight excluding hydrogens is 482 g/mol. The van der Waals surface area contributed by atoms with Gasteiger partial charge in [0.2, 0.25) is 0 Å². The Labute approximate surface area is 227 Å². The Balaban J connectivity index is 1.59. The van der Waals surface area contributed by atoms with Gasteiger partial charge >= 0.3 is 0 Å². The van der Waals surface area contributed by atoms with Gasteiger partial charge in [0.1, 0.15) is 17.0 Å². The van der Waals surface area contributed by atoms with E-state index in [1.165, 1.54) is 0 Å². The molecule has 0 saturated heterocycles. The first-order valence-corrected chi connectivity index (χ1v) is 12.8. The zero-order chi connectivity index (χ0) is 26.5. The maximum atomic E-state index is 6.37. The van der Waals surface area contributed by atoms with Gasteiger partial charge in [0, 0.05) is 6.54 Å². The number of ether oxygens (including phenoxy) is 1. The number of benzene rings is 5. The Morgan fingerprint density at radius 2 is 1.13 bits per heavy atom. The van der Waals surface area contributed by atoms with Crippen molar-refractivity contribution in [2.45, 2.75) is 12.1 Å². The predicted molar refractivity (Wildman–Crippen MR) is 152 cm³/mol. The average Bonchev–Trinajstić information content (AvgIpc) is 3.50. The van der Waals surface area contributed by atoms with Crippen LogP contribution < -0.4 is 10.5 Å². The van der Waals surface area contributed by atoms with E-state index in [-0.39, 0.29) is 0 Å². The normalized spacial score (nSPS) is 11.3. The zero-order valence-electron chi connectivity index (χ0n) is 21.3. The molecular formula is C33H27N5O. The summed E-state index contributed by atoms with van der Waals surface area (Å²) in [5.41, 5.74) is 9.84. The minimum Gasteiger partial charge on any atom is -0.457 e.